The van der Waals surface area contributed by atoms with Crippen LogP contribution in [-0.2, 0) is 26.0 Å². The number of piperidine rings is 1. The number of benzene rings is 1. The van der Waals surface area contributed by atoms with Crippen molar-refractivity contribution in [2.75, 3.05) is 26.3 Å². The van der Waals surface area contributed by atoms with E-state index in [1.165, 1.54) is 9.79 Å². The fourth-order valence-corrected chi connectivity index (χ4v) is 6.68. The van der Waals surface area contributed by atoms with Gasteiger partial charge in [0.05, 0.1) is 0 Å². The summed E-state index contributed by atoms with van der Waals surface area (Å²) in [6.45, 7) is 0.750. The Balaban J connectivity index is 1.61. The third-order valence-corrected chi connectivity index (χ3v) is 9.11. The van der Waals surface area contributed by atoms with Crippen LogP contribution in [-0.4, -0.2) is 61.1 Å². The lowest BCUT2D eigenvalue weighted by Gasteiger charge is -2.40. The van der Waals surface area contributed by atoms with E-state index in [0.29, 0.717) is 19.3 Å². The van der Waals surface area contributed by atoms with E-state index in [9.17, 15) is 26.4 Å². The number of carbonyl (C=O) groups excluding carboxylic acids is 1. The summed E-state index contributed by atoms with van der Waals surface area (Å²) in [5.74, 6) is -0.799. The number of nitrogens with zero attached hydrogens (tertiary/aromatic N) is 1. The third-order valence-electron chi connectivity index (χ3n) is 6.48. The minimum absolute atomic E-state index is 0.0164. The van der Waals surface area contributed by atoms with Gasteiger partial charge in [0.25, 0.3) is 5.91 Å². The molecule has 0 radical (unpaired) electrons. The number of hydrogen-bond donors (Lipinski definition) is 2. The second kappa shape index (κ2) is 10.1. The zero-order valence-electron chi connectivity index (χ0n) is 17.7. The summed E-state index contributed by atoms with van der Waals surface area (Å²) < 4.78 is 68.4. The molecule has 7 nitrogen and oxygen atoms in total. The van der Waals surface area contributed by atoms with E-state index in [0.717, 1.165) is 11.1 Å². The van der Waals surface area contributed by atoms with Crippen molar-refractivity contribution in [1.82, 2.24) is 9.79 Å². The van der Waals surface area contributed by atoms with Gasteiger partial charge < -0.3 is 4.74 Å². The minimum atomic E-state index is -4.14. The second-order valence-electron chi connectivity index (χ2n) is 8.44. The zero-order chi connectivity index (χ0) is 23.4. The molecule has 1 aromatic carbocycles. The van der Waals surface area contributed by atoms with Crippen LogP contribution in [0, 0.1) is 0 Å². The van der Waals surface area contributed by atoms with E-state index in [4.69, 9.17) is 9.94 Å². The summed E-state index contributed by atoms with van der Waals surface area (Å²) in [4.78, 5) is 12.3. The maximum absolute atomic E-state index is 13.3. The van der Waals surface area contributed by atoms with Gasteiger partial charge in [-0.3, -0.25) is 10.0 Å². The molecule has 0 saturated carbocycles. The van der Waals surface area contributed by atoms with Gasteiger partial charge in [-0.25, -0.2) is 18.2 Å². The minimum Gasteiger partial charge on any atom is -0.381 e. The number of alkyl halides is 3. The molecule has 1 aromatic rings. The Bertz CT molecular complexity index is 876. The number of nitrogens with one attached hydrogen (secondary N) is 1. The van der Waals surface area contributed by atoms with Crippen molar-refractivity contribution in [3.05, 3.63) is 35.4 Å². The molecule has 0 spiro atoms. The molecule has 2 fully saturated rings. The van der Waals surface area contributed by atoms with E-state index in [1.807, 2.05) is 24.3 Å². The van der Waals surface area contributed by atoms with Gasteiger partial charge in [-0.2, -0.15) is 13.2 Å². The molecule has 2 heterocycles. The van der Waals surface area contributed by atoms with Gasteiger partial charge in [0.2, 0.25) is 10.0 Å². The monoisotopic (exact) mass is 478 g/mol. The van der Waals surface area contributed by atoms with Gasteiger partial charge in [0.1, 0.15) is 0 Å². The molecule has 11 heteroatoms. The Kier molecular flexibility index (Phi) is 7.85. The highest BCUT2D eigenvalue weighted by molar-refractivity contribution is 7.91. The summed E-state index contributed by atoms with van der Waals surface area (Å²) >= 11 is 0. The Morgan fingerprint density at radius 3 is 2.28 bits per heavy atom. The van der Waals surface area contributed by atoms with Crippen LogP contribution in [0.4, 0.5) is 13.2 Å². The summed E-state index contributed by atoms with van der Waals surface area (Å²) in [6.07, 6.45) is -3.43. The van der Waals surface area contributed by atoms with E-state index in [1.54, 1.807) is 0 Å². The predicted molar refractivity (Wildman–Crippen MR) is 111 cm³/mol. The fourth-order valence-electron chi connectivity index (χ4n) is 4.53. The molecule has 32 heavy (non-hydrogen) atoms. The fraction of sp³-hybridized carbons (Fsp3) is 0.667. The van der Waals surface area contributed by atoms with Crippen LogP contribution in [0.3, 0.4) is 0 Å². The quantitative estimate of drug-likeness (QED) is 0.464. The number of ether oxygens (including phenoxy) is 1. The lowest BCUT2D eigenvalue weighted by Crippen LogP contribution is -2.60. The summed E-state index contributed by atoms with van der Waals surface area (Å²) in [7, 11) is -4.00. The van der Waals surface area contributed by atoms with Gasteiger partial charge in [-0.05, 0) is 42.7 Å². The van der Waals surface area contributed by atoms with Gasteiger partial charge in [0, 0.05) is 45.6 Å². The van der Waals surface area contributed by atoms with E-state index in [-0.39, 0.29) is 51.5 Å². The number of hydrogen-bond acceptors (Lipinski definition) is 5. The van der Waals surface area contributed by atoms with Crippen molar-refractivity contribution >= 4 is 15.9 Å². The van der Waals surface area contributed by atoms with Crippen molar-refractivity contribution in [2.45, 2.75) is 61.8 Å². The Hall–Kier alpha value is -1.69. The molecule has 0 bridgehead atoms. The number of hydroxylamine groups is 1. The molecular weight excluding hydrogens is 449 g/mol. The van der Waals surface area contributed by atoms with Crippen LogP contribution in [0.5, 0.6) is 0 Å². The van der Waals surface area contributed by atoms with Crippen LogP contribution < -0.4 is 5.48 Å². The highest BCUT2D eigenvalue weighted by Crippen LogP contribution is 2.37. The largest absolute Gasteiger partial charge is 0.389 e. The van der Waals surface area contributed by atoms with Gasteiger partial charge in [0.15, 0.2) is 4.75 Å². The lowest BCUT2D eigenvalue weighted by atomic mass is 9.89. The molecule has 180 valence electrons. The molecule has 1 amide bonds. The Morgan fingerprint density at radius 2 is 1.75 bits per heavy atom. The first kappa shape index (κ1) is 24.9. The molecular formula is C21H29F3N2O5S. The molecule has 3 rings (SSSR count). The van der Waals surface area contributed by atoms with Crippen molar-refractivity contribution in [1.29, 1.82) is 0 Å². The lowest BCUT2D eigenvalue weighted by molar-refractivity contribution is -0.135. The molecule has 0 unspecified atom stereocenters. The van der Waals surface area contributed by atoms with Crippen molar-refractivity contribution < 1.29 is 36.3 Å². The van der Waals surface area contributed by atoms with Crippen molar-refractivity contribution in [2.24, 2.45) is 0 Å². The number of amides is 1. The third kappa shape index (κ3) is 5.44. The van der Waals surface area contributed by atoms with Crippen LogP contribution in [0.15, 0.2) is 24.3 Å². The smallest absolute Gasteiger partial charge is 0.381 e. The highest BCUT2D eigenvalue weighted by atomic mass is 32.2. The Morgan fingerprint density at radius 1 is 1.16 bits per heavy atom. The number of halogens is 3. The predicted octanol–water partition coefficient (Wildman–Crippen LogP) is 3.14. The Labute approximate surface area is 185 Å². The summed E-state index contributed by atoms with van der Waals surface area (Å²) in [5.41, 5.74) is 3.39. The SMILES string of the molecule is O=C(NO)C1(S(=O)(=O)N2CCC(c3ccc(CCCC(F)(F)F)cc3)CC2)CCOCC1. The maximum Gasteiger partial charge on any atom is 0.389 e. The first-order valence-electron chi connectivity index (χ1n) is 10.8. The van der Waals surface area contributed by atoms with Gasteiger partial charge in [-0.15, -0.1) is 0 Å². The van der Waals surface area contributed by atoms with E-state index in [2.05, 4.69) is 0 Å². The average Bonchev–Trinajstić information content (AvgIpc) is 2.78. The normalized spacial score (nSPS) is 20.8. The van der Waals surface area contributed by atoms with Crippen molar-refractivity contribution in [3.63, 3.8) is 0 Å². The second-order valence-corrected chi connectivity index (χ2v) is 10.7. The number of rotatable bonds is 7. The number of carbonyl (C=O) groups is 1. The molecule has 2 aliphatic rings. The molecule has 2 N–H and O–H groups in total. The molecule has 2 saturated heterocycles. The van der Waals surface area contributed by atoms with E-state index >= 15 is 0 Å². The highest BCUT2D eigenvalue weighted by Gasteiger charge is 2.54. The summed E-state index contributed by atoms with van der Waals surface area (Å²) in [5, 5.41) is 9.14. The first-order valence-corrected chi connectivity index (χ1v) is 12.2. The molecule has 0 aromatic heterocycles. The standard InChI is InChI=1S/C21H29F3N2O5S/c22-21(23,24)9-1-2-16-3-5-17(6-4-16)18-7-12-26(13-8-18)32(29,30)20(19(27)25-28)10-14-31-15-11-20/h3-6,18,28H,1-2,7-15H2,(H,25,27). The van der Waals surface area contributed by atoms with Crippen LogP contribution in [0.25, 0.3) is 0 Å². The van der Waals surface area contributed by atoms with Crippen LogP contribution in [0.1, 0.15) is 55.6 Å². The summed E-state index contributed by atoms with van der Waals surface area (Å²) in [6, 6.07) is 7.46. The van der Waals surface area contributed by atoms with E-state index < -0.39 is 33.3 Å². The van der Waals surface area contributed by atoms with Gasteiger partial charge in [-0.1, -0.05) is 24.3 Å². The topological polar surface area (TPSA) is 95.9 Å². The number of sulfonamides is 1. The molecule has 2 aliphatic heterocycles. The number of aryl methyl sites for hydroxylation is 1. The average molecular weight is 479 g/mol. The van der Waals surface area contributed by atoms with Crippen molar-refractivity contribution in [3.8, 4) is 0 Å². The maximum atomic E-state index is 13.3. The first-order chi connectivity index (χ1) is 15.1. The molecule has 0 aliphatic carbocycles. The zero-order valence-corrected chi connectivity index (χ0v) is 18.6. The van der Waals surface area contributed by atoms with Gasteiger partial charge >= 0.3 is 6.18 Å². The van der Waals surface area contributed by atoms with Crippen LogP contribution >= 0.6 is 0 Å². The van der Waals surface area contributed by atoms with Crippen LogP contribution in [0.2, 0.25) is 0 Å². The molecule has 0 atom stereocenters.